The molecule has 0 aromatic heterocycles. The lowest BCUT2D eigenvalue weighted by molar-refractivity contribution is -0.123. The van der Waals surface area contributed by atoms with Gasteiger partial charge >= 0.3 is 0 Å². The van der Waals surface area contributed by atoms with Crippen LogP contribution in [0.2, 0.25) is 10.0 Å². The van der Waals surface area contributed by atoms with Crippen molar-refractivity contribution in [3.63, 3.8) is 0 Å². The Morgan fingerprint density at radius 3 is 2.30 bits per heavy atom. The van der Waals surface area contributed by atoms with Crippen LogP contribution in [-0.2, 0) is 4.79 Å². The molecule has 1 heterocycles. The lowest BCUT2D eigenvalue weighted by Crippen LogP contribution is -2.30. The van der Waals surface area contributed by atoms with Crippen LogP contribution in [0.3, 0.4) is 0 Å². The number of nitrogens with zero attached hydrogens (tertiary/aromatic N) is 1. The summed E-state index contributed by atoms with van der Waals surface area (Å²) in [5.74, 6) is -0.258. The molecule has 2 aromatic rings. The first kappa shape index (κ1) is 21.2. The van der Waals surface area contributed by atoms with E-state index in [4.69, 9.17) is 28.5 Å². The molecule has 0 radical (unpaired) electrons. The maximum Gasteiger partial charge on any atom is 0.223 e. The van der Waals surface area contributed by atoms with Crippen molar-refractivity contribution in [3.05, 3.63) is 57.3 Å². The molecule has 2 aliphatic rings. The third-order valence-corrected chi connectivity index (χ3v) is 7.14. The third kappa shape index (κ3) is 4.06. The molecule has 3 nitrogen and oxygen atoms in total. The fourth-order valence-corrected chi connectivity index (χ4v) is 5.81. The second kappa shape index (κ2) is 8.96. The van der Waals surface area contributed by atoms with Gasteiger partial charge in [-0.3, -0.25) is 4.79 Å². The largest absolute Gasteiger partial charge is 0.356 e. The summed E-state index contributed by atoms with van der Waals surface area (Å²) in [5.41, 5.74) is 2.13. The number of nitrogens with one attached hydrogen (secondary N) is 1. The van der Waals surface area contributed by atoms with Gasteiger partial charge in [0.25, 0.3) is 0 Å². The second-order valence-electron chi connectivity index (χ2n) is 8.27. The van der Waals surface area contributed by atoms with E-state index in [1.807, 2.05) is 6.07 Å². The summed E-state index contributed by atoms with van der Waals surface area (Å²) in [6, 6.07) is 9.89. The van der Waals surface area contributed by atoms with Gasteiger partial charge in [0.1, 0.15) is 11.9 Å². The van der Waals surface area contributed by atoms with Gasteiger partial charge in [0.2, 0.25) is 5.91 Å². The summed E-state index contributed by atoms with van der Waals surface area (Å²) >= 11 is 13.5. The highest BCUT2D eigenvalue weighted by Crippen LogP contribution is 2.48. The summed E-state index contributed by atoms with van der Waals surface area (Å²) in [5, 5.41) is 12.9. The van der Waals surface area contributed by atoms with E-state index in [9.17, 15) is 9.18 Å². The zero-order valence-electron chi connectivity index (χ0n) is 16.6. The lowest BCUT2D eigenvalue weighted by atomic mass is 9.70. The molecule has 6 heteroatoms. The number of hydrogen-bond acceptors (Lipinski definition) is 2. The molecule has 1 aliphatic carbocycles. The van der Waals surface area contributed by atoms with Crippen LogP contribution in [0.5, 0.6) is 0 Å². The molecule has 0 bridgehead atoms. The summed E-state index contributed by atoms with van der Waals surface area (Å²) in [7, 11) is 0. The van der Waals surface area contributed by atoms with Crippen LogP contribution < -0.4 is 5.32 Å². The van der Waals surface area contributed by atoms with Gasteiger partial charge in [-0.2, -0.15) is 5.26 Å². The van der Waals surface area contributed by atoms with E-state index < -0.39 is 5.82 Å². The van der Waals surface area contributed by atoms with E-state index in [0.29, 0.717) is 33.6 Å². The molecule has 2 atom stereocenters. The Morgan fingerprint density at radius 2 is 1.73 bits per heavy atom. The molecule has 1 saturated heterocycles. The monoisotopic (exact) mass is 444 g/mol. The molecule has 2 fully saturated rings. The number of carbonyl (C=O) groups is 1. The van der Waals surface area contributed by atoms with Crippen LogP contribution >= 0.6 is 23.2 Å². The SMILES string of the molecule is N#Cc1ccc(-c2cc(Cl)c(C(C3CCCCC3)C3CCNC3=O)c(Cl)c2)cc1F. The first-order chi connectivity index (χ1) is 14.5. The van der Waals surface area contributed by atoms with Crippen molar-refractivity contribution in [2.45, 2.75) is 44.4 Å². The zero-order chi connectivity index (χ0) is 21.3. The van der Waals surface area contributed by atoms with Crippen molar-refractivity contribution in [1.82, 2.24) is 5.32 Å². The maximum absolute atomic E-state index is 14.1. The van der Waals surface area contributed by atoms with Crippen LogP contribution in [0.1, 0.15) is 55.6 Å². The van der Waals surface area contributed by atoms with E-state index in [1.165, 1.54) is 18.6 Å². The molecular formula is C24H23Cl2FN2O. The van der Waals surface area contributed by atoms with E-state index in [-0.39, 0.29) is 23.3 Å². The molecular weight excluding hydrogens is 422 g/mol. The Balaban J connectivity index is 1.76. The second-order valence-corrected chi connectivity index (χ2v) is 9.08. The van der Waals surface area contributed by atoms with Crippen molar-refractivity contribution >= 4 is 29.1 Å². The normalized spacial score (nSPS) is 20.6. The number of nitriles is 1. The Kier molecular flexibility index (Phi) is 6.32. The molecule has 0 spiro atoms. The van der Waals surface area contributed by atoms with Crippen LogP contribution in [-0.4, -0.2) is 12.5 Å². The fourth-order valence-electron chi connectivity index (χ4n) is 5.07. The maximum atomic E-state index is 14.1. The highest BCUT2D eigenvalue weighted by molar-refractivity contribution is 6.36. The smallest absolute Gasteiger partial charge is 0.223 e. The molecule has 1 aliphatic heterocycles. The summed E-state index contributed by atoms with van der Waals surface area (Å²) in [6.45, 7) is 0.685. The topological polar surface area (TPSA) is 52.9 Å². The third-order valence-electron chi connectivity index (χ3n) is 6.52. The first-order valence-electron chi connectivity index (χ1n) is 10.5. The van der Waals surface area contributed by atoms with E-state index in [2.05, 4.69) is 5.32 Å². The Hall–Kier alpha value is -2.09. The molecule has 30 heavy (non-hydrogen) atoms. The quantitative estimate of drug-likeness (QED) is 0.586. The lowest BCUT2D eigenvalue weighted by Gasteiger charge is -2.34. The highest BCUT2D eigenvalue weighted by atomic mass is 35.5. The predicted molar refractivity (Wildman–Crippen MR) is 117 cm³/mol. The van der Waals surface area contributed by atoms with E-state index in [0.717, 1.165) is 37.7 Å². The molecule has 2 unspecified atom stereocenters. The number of benzene rings is 2. The molecule has 156 valence electrons. The molecule has 4 rings (SSSR count). The molecule has 1 N–H and O–H groups in total. The zero-order valence-corrected chi connectivity index (χ0v) is 18.1. The Morgan fingerprint density at radius 1 is 1.03 bits per heavy atom. The van der Waals surface area contributed by atoms with Crippen LogP contribution in [0.4, 0.5) is 4.39 Å². The van der Waals surface area contributed by atoms with Crippen LogP contribution in [0, 0.1) is 29.0 Å². The highest BCUT2D eigenvalue weighted by Gasteiger charge is 2.40. The fraction of sp³-hybridized carbons (Fsp3) is 0.417. The van der Waals surface area contributed by atoms with Crippen LogP contribution in [0.15, 0.2) is 30.3 Å². The average Bonchev–Trinajstić information content (AvgIpc) is 3.16. The summed E-state index contributed by atoms with van der Waals surface area (Å²) in [4.78, 5) is 12.6. The van der Waals surface area contributed by atoms with Gasteiger partial charge in [0.15, 0.2) is 0 Å². The van der Waals surface area contributed by atoms with Crippen LogP contribution in [0.25, 0.3) is 11.1 Å². The minimum absolute atomic E-state index is 0.00262. The number of halogens is 3. The minimum atomic E-state index is -0.575. The molecule has 2 aromatic carbocycles. The number of amides is 1. The Labute approximate surface area is 186 Å². The van der Waals surface area contributed by atoms with Crippen molar-refractivity contribution in [1.29, 1.82) is 5.26 Å². The van der Waals surface area contributed by atoms with Gasteiger partial charge in [0, 0.05) is 28.4 Å². The van der Waals surface area contributed by atoms with Crippen molar-refractivity contribution in [3.8, 4) is 17.2 Å². The van der Waals surface area contributed by atoms with Gasteiger partial charge < -0.3 is 5.32 Å². The van der Waals surface area contributed by atoms with E-state index >= 15 is 0 Å². The summed E-state index contributed by atoms with van der Waals surface area (Å²) < 4.78 is 14.1. The molecule has 1 saturated carbocycles. The van der Waals surface area contributed by atoms with Crippen molar-refractivity contribution in [2.75, 3.05) is 6.54 Å². The van der Waals surface area contributed by atoms with Gasteiger partial charge in [-0.25, -0.2) is 4.39 Å². The Bertz CT molecular complexity index is 988. The van der Waals surface area contributed by atoms with Gasteiger partial charge in [0.05, 0.1) is 5.56 Å². The van der Waals surface area contributed by atoms with Gasteiger partial charge in [-0.05, 0) is 66.1 Å². The minimum Gasteiger partial charge on any atom is -0.356 e. The average molecular weight is 445 g/mol. The van der Waals surface area contributed by atoms with Gasteiger partial charge in [-0.1, -0.05) is 48.5 Å². The van der Waals surface area contributed by atoms with E-state index in [1.54, 1.807) is 18.2 Å². The predicted octanol–water partition coefficient (Wildman–Crippen LogP) is 6.47. The first-order valence-corrected chi connectivity index (χ1v) is 11.2. The van der Waals surface area contributed by atoms with Gasteiger partial charge in [-0.15, -0.1) is 0 Å². The molecule has 1 amide bonds. The van der Waals surface area contributed by atoms with Crippen molar-refractivity contribution in [2.24, 2.45) is 11.8 Å². The number of hydrogen-bond donors (Lipinski definition) is 1. The number of carbonyl (C=O) groups excluding carboxylic acids is 1. The standard InChI is InChI=1S/C24H23Cl2FN2O/c25-19-10-17(15-6-7-16(13-28)21(27)12-15)11-20(26)23(19)22(14-4-2-1-3-5-14)18-8-9-29-24(18)30/h6-7,10-12,14,18,22H,1-5,8-9H2,(H,29,30). The summed E-state index contributed by atoms with van der Waals surface area (Å²) in [6.07, 6.45) is 6.48. The number of rotatable bonds is 4. The van der Waals surface area contributed by atoms with Crippen molar-refractivity contribution < 1.29 is 9.18 Å².